The predicted octanol–water partition coefficient (Wildman–Crippen LogP) is 6.47. The number of methoxy groups -OCH3 is 2. The lowest BCUT2D eigenvalue weighted by atomic mass is 10.0. The third-order valence-corrected chi connectivity index (χ3v) is 11.4. The number of halogens is 3. The molecule has 2 heterocycles. The molecule has 0 fully saturated rings. The molecule has 4 aromatic rings. The minimum Gasteiger partial charge on any atom is -0.493 e. The summed E-state index contributed by atoms with van der Waals surface area (Å²) in [5, 5.41) is 5.68. The molecule has 4 amide bonds. The van der Waals surface area contributed by atoms with Crippen LogP contribution in [0.2, 0.25) is 10.0 Å². The highest BCUT2D eigenvalue weighted by atomic mass is 79.9. The van der Waals surface area contributed by atoms with Crippen molar-refractivity contribution < 1.29 is 28.7 Å². The molecule has 0 spiro atoms. The number of amides is 4. The maximum atomic E-state index is 14.7. The number of ether oxygens (including phenoxy) is 2. The molecule has 52 heavy (non-hydrogen) atoms. The fraction of sp³-hybridized carbons (Fsp3) is 0.324. The molecule has 0 unspecified atom stereocenters. The summed E-state index contributed by atoms with van der Waals surface area (Å²) in [5.41, 5.74) is 3.21. The topological polar surface area (TPSA) is 121 Å². The van der Waals surface area contributed by atoms with Crippen molar-refractivity contribution in [1.29, 1.82) is 0 Å². The quantitative estimate of drug-likeness (QED) is 0.216. The molecule has 0 saturated heterocycles. The standard InChI is InChI=1S/C37H38BrCl2N5O6S/c1-21-12-24(6-9-26(21)38)16-44-18-33(46)41-22(2)35-42-29(20-52-35)36(48)45(17-25-8-11-31(50-4)32(15-25)51-5)19-34(47)43(3)30(37(44)49)14-23-7-10-27(39)28(40)13-23/h6-13,15,20,22,30H,14,16-19H2,1-5H3,(H,41,46)/t22-,30-/m0/s1. The van der Waals surface area contributed by atoms with Crippen molar-refractivity contribution >= 4 is 74.1 Å². The Bertz CT molecular complexity index is 1990. The van der Waals surface area contributed by atoms with Gasteiger partial charge < -0.3 is 29.5 Å². The monoisotopic (exact) mass is 829 g/mol. The Morgan fingerprint density at radius 2 is 1.56 bits per heavy atom. The average molecular weight is 832 g/mol. The van der Waals surface area contributed by atoms with Crippen LogP contribution < -0.4 is 14.8 Å². The van der Waals surface area contributed by atoms with Crippen LogP contribution in [0.3, 0.4) is 0 Å². The highest BCUT2D eigenvalue weighted by Gasteiger charge is 2.35. The van der Waals surface area contributed by atoms with Gasteiger partial charge in [-0.1, -0.05) is 63.4 Å². The molecule has 274 valence electrons. The molecular formula is C37H38BrCl2N5O6S. The van der Waals surface area contributed by atoms with Gasteiger partial charge in [-0.2, -0.15) is 0 Å². The average Bonchev–Trinajstić information content (AvgIpc) is 3.62. The van der Waals surface area contributed by atoms with E-state index in [4.69, 9.17) is 32.7 Å². The largest absolute Gasteiger partial charge is 0.493 e. The Balaban J connectivity index is 1.58. The fourth-order valence-electron chi connectivity index (χ4n) is 5.84. The van der Waals surface area contributed by atoms with Crippen LogP contribution in [0.4, 0.5) is 0 Å². The van der Waals surface area contributed by atoms with Gasteiger partial charge in [0.2, 0.25) is 17.7 Å². The summed E-state index contributed by atoms with van der Waals surface area (Å²) < 4.78 is 11.8. The van der Waals surface area contributed by atoms with Gasteiger partial charge >= 0.3 is 0 Å². The molecule has 1 aromatic heterocycles. The molecule has 2 bridgehead atoms. The van der Waals surface area contributed by atoms with Gasteiger partial charge in [0.25, 0.3) is 5.91 Å². The summed E-state index contributed by atoms with van der Waals surface area (Å²) in [7, 11) is 4.56. The number of hydrogen-bond acceptors (Lipinski definition) is 8. The van der Waals surface area contributed by atoms with Gasteiger partial charge in [-0.05, 0) is 66.4 Å². The zero-order chi connectivity index (χ0) is 37.7. The second-order valence-corrected chi connectivity index (χ2v) is 15.0. The maximum absolute atomic E-state index is 14.7. The molecule has 3 aromatic carbocycles. The lowest BCUT2D eigenvalue weighted by Gasteiger charge is -2.34. The van der Waals surface area contributed by atoms with Gasteiger partial charge in [0.05, 0.1) is 36.9 Å². The molecule has 15 heteroatoms. The van der Waals surface area contributed by atoms with Gasteiger partial charge in [0.15, 0.2) is 11.5 Å². The number of carbonyl (C=O) groups excluding carboxylic acids is 4. The van der Waals surface area contributed by atoms with Crippen LogP contribution in [0, 0.1) is 6.92 Å². The zero-order valence-electron chi connectivity index (χ0n) is 29.2. The number of aromatic nitrogens is 1. The van der Waals surface area contributed by atoms with E-state index in [2.05, 4.69) is 26.2 Å². The molecule has 0 saturated carbocycles. The van der Waals surface area contributed by atoms with Gasteiger partial charge in [0.1, 0.15) is 23.3 Å². The lowest BCUT2D eigenvalue weighted by Crippen LogP contribution is -2.54. The Kier molecular flexibility index (Phi) is 12.8. The summed E-state index contributed by atoms with van der Waals surface area (Å²) in [6.45, 7) is 3.16. The van der Waals surface area contributed by atoms with Crippen LogP contribution >= 0.6 is 50.5 Å². The van der Waals surface area contributed by atoms with E-state index >= 15 is 0 Å². The maximum Gasteiger partial charge on any atom is 0.274 e. The van der Waals surface area contributed by atoms with Gasteiger partial charge in [-0.3, -0.25) is 19.2 Å². The van der Waals surface area contributed by atoms with Crippen molar-refractivity contribution in [3.63, 3.8) is 0 Å². The first-order valence-corrected chi connectivity index (χ1v) is 18.7. The number of fused-ring (bicyclic) bond motifs is 2. The molecule has 2 atom stereocenters. The third-order valence-electron chi connectivity index (χ3n) is 8.72. The van der Waals surface area contributed by atoms with Crippen LogP contribution in [0.15, 0.2) is 64.5 Å². The van der Waals surface area contributed by atoms with Gasteiger partial charge in [0, 0.05) is 36.4 Å². The second kappa shape index (κ2) is 17.1. The first-order valence-electron chi connectivity index (χ1n) is 16.3. The van der Waals surface area contributed by atoms with Crippen LogP contribution in [0.1, 0.15) is 50.7 Å². The molecule has 0 radical (unpaired) electrons. The van der Waals surface area contributed by atoms with Gasteiger partial charge in [-0.25, -0.2) is 4.98 Å². The minimum atomic E-state index is -1.08. The number of nitrogens with zero attached hydrogens (tertiary/aromatic N) is 4. The van der Waals surface area contributed by atoms with Crippen LogP contribution in [0.5, 0.6) is 11.5 Å². The van der Waals surface area contributed by atoms with E-state index in [1.807, 2.05) is 25.1 Å². The molecule has 1 N–H and O–H groups in total. The Labute approximate surface area is 324 Å². The van der Waals surface area contributed by atoms with Crippen molar-refractivity contribution in [2.75, 3.05) is 34.4 Å². The number of carbonyl (C=O) groups is 4. The van der Waals surface area contributed by atoms with Crippen molar-refractivity contribution in [3.8, 4) is 11.5 Å². The molecule has 1 aliphatic heterocycles. The first kappa shape index (κ1) is 39.0. The minimum absolute atomic E-state index is 0.0262. The zero-order valence-corrected chi connectivity index (χ0v) is 33.2. The Hall–Kier alpha value is -4.17. The summed E-state index contributed by atoms with van der Waals surface area (Å²) in [5.74, 6) is -0.916. The highest BCUT2D eigenvalue weighted by Crippen LogP contribution is 2.29. The van der Waals surface area contributed by atoms with Crippen LogP contribution in [0.25, 0.3) is 0 Å². The van der Waals surface area contributed by atoms with E-state index in [9.17, 15) is 19.2 Å². The van der Waals surface area contributed by atoms with E-state index in [1.54, 1.807) is 48.7 Å². The molecular weight excluding hydrogens is 793 g/mol. The van der Waals surface area contributed by atoms with E-state index in [0.29, 0.717) is 37.7 Å². The third kappa shape index (κ3) is 9.24. The summed E-state index contributed by atoms with van der Waals surface area (Å²) in [6, 6.07) is 14.3. The Morgan fingerprint density at radius 3 is 2.25 bits per heavy atom. The summed E-state index contributed by atoms with van der Waals surface area (Å²) >= 11 is 17.3. The predicted molar refractivity (Wildman–Crippen MR) is 204 cm³/mol. The summed E-state index contributed by atoms with van der Waals surface area (Å²) in [6.07, 6.45) is 0.0600. The van der Waals surface area contributed by atoms with E-state index in [1.165, 1.54) is 47.3 Å². The molecule has 11 nitrogen and oxygen atoms in total. The second-order valence-electron chi connectivity index (χ2n) is 12.5. The molecule has 1 aliphatic rings. The first-order chi connectivity index (χ1) is 24.8. The van der Waals surface area contributed by atoms with Crippen molar-refractivity contribution in [2.45, 2.75) is 45.4 Å². The van der Waals surface area contributed by atoms with Crippen molar-refractivity contribution in [1.82, 2.24) is 25.0 Å². The molecule has 5 rings (SSSR count). The highest BCUT2D eigenvalue weighted by molar-refractivity contribution is 9.10. The smallest absolute Gasteiger partial charge is 0.274 e. The number of nitrogens with one attached hydrogen (secondary N) is 1. The van der Waals surface area contributed by atoms with E-state index in [0.717, 1.165) is 15.6 Å². The number of thiazole rings is 1. The Morgan fingerprint density at radius 1 is 0.885 bits per heavy atom. The van der Waals surface area contributed by atoms with Gasteiger partial charge in [-0.15, -0.1) is 11.3 Å². The SMILES string of the molecule is COc1ccc(CN2CC(=O)N(C)[C@@H](Cc3ccc(Cl)c(Cl)c3)C(=O)N(Cc3ccc(Br)c(C)c3)CC(=O)N[C@@H](C)c3nc(cs3)C2=O)cc1OC. The summed E-state index contributed by atoms with van der Waals surface area (Å²) in [4.78, 5) is 65.4. The number of aryl methyl sites for hydroxylation is 1. The lowest BCUT2D eigenvalue weighted by molar-refractivity contribution is -0.146. The van der Waals surface area contributed by atoms with Crippen LogP contribution in [-0.4, -0.2) is 83.7 Å². The van der Waals surface area contributed by atoms with E-state index < -0.39 is 35.7 Å². The van der Waals surface area contributed by atoms with Crippen molar-refractivity contribution in [2.24, 2.45) is 0 Å². The fourth-order valence-corrected chi connectivity index (χ4v) is 7.21. The van der Waals surface area contributed by atoms with Crippen LogP contribution in [-0.2, 0) is 33.9 Å². The molecule has 0 aliphatic carbocycles. The van der Waals surface area contributed by atoms with E-state index in [-0.39, 0.29) is 38.3 Å². The number of likely N-dealkylation sites (N-methyl/N-ethyl adjacent to an activating group) is 1. The number of rotatable bonds is 8. The normalized spacial score (nSPS) is 17.5. The van der Waals surface area contributed by atoms with Crippen molar-refractivity contribution in [3.05, 3.63) is 107 Å². The number of benzene rings is 3. The number of hydrogen-bond donors (Lipinski definition) is 1.